The van der Waals surface area contributed by atoms with Crippen LogP contribution in [-0.2, 0) is 4.79 Å². The number of imidazole rings is 1. The summed E-state index contributed by atoms with van der Waals surface area (Å²) in [6.07, 6.45) is 0. The highest BCUT2D eigenvalue weighted by atomic mass is 16.2. The second-order valence-electron chi connectivity index (χ2n) is 7.44. The molecular weight excluding hydrogens is 350 g/mol. The number of likely N-dealkylation sites (N-methyl/N-ethyl adjacent to an activating group) is 1. The lowest BCUT2D eigenvalue weighted by atomic mass is 10.1. The van der Waals surface area contributed by atoms with Crippen molar-refractivity contribution < 1.29 is 4.79 Å². The third kappa shape index (κ3) is 4.24. The van der Waals surface area contributed by atoms with Crippen molar-refractivity contribution in [1.29, 1.82) is 0 Å². The number of benzene rings is 2. The Balaban J connectivity index is 1.41. The molecule has 2 aromatic carbocycles. The number of H-pyrrole nitrogens is 1. The largest absolute Gasteiger partial charge is 0.338 e. The molecule has 6 heteroatoms. The normalized spacial score (nSPS) is 15.8. The van der Waals surface area contributed by atoms with Crippen molar-refractivity contribution in [2.75, 3.05) is 44.6 Å². The Morgan fingerprint density at radius 2 is 1.79 bits per heavy atom. The SMILES string of the molecule is CCN1CCN(CC(=O)Nc2ccc3nc(-c4ccc(C)cc4)[nH]c3c2)CC1. The first-order valence-electron chi connectivity index (χ1n) is 9.92. The van der Waals surface area contributed by atoms with Gasteiger partial charge in [0.15, 0.2) is 0 Å². The number of aromatic nitrogens is 2. The molecule has 0 radical (unpaired) electrons. The number of aryl methyl sites for hydroxylation is 1. The Morgan fingerprint density at radius 1 is 1.07 bits per heavy atom. The Labute approximate surface area is 165 Å². The predicted octanol–water partition coefficient (Wildman–Crippen LogP) is 3.11. The van der Waals surface area contributed by atoms with Crippen molar-refractivity contribution in [2.24, 2.45) is 0 Å². The number of nitrogens with zero attached hydrogens (tertiary/aromatic N) is 3. The average molecular weight is 377 g/mol. The van der Waals surface area contributed by atoms with Crippen molar-refractivity contribution in [2.45, 2.75) is 13.8 Å². The summed E-state index contributed by atoms with van der Waals surface area (Å²) >= 11 is 0. The van der Waals surface area contributed by atoms with E-state index >= 15 is 0 Å². The molecule has 0 aliphatic carbocycles. The number of nitrogens with one attached hydrogen (secondary N) is 2. The molecule has 1 fully saturated rings. The van der Waals surface area contributed by atoms with Crippen LogP contribution < -0.4 is 5.32 Å². The van der Waals surface area contributed by atoms with E-state index in [9.17, 15) is 4.79 Å². The van der Waals surface area contributed by atoms with Gasteiger partial charge in [0.1, 0.15) is 5.82 Å². The maximum Gasteiger partial charge on any atom is 0.238 e. The molecule has 1 saturated heterocycles. The number of amides is 1. The van der Waals surface area contributed by atoms with Crippen LogP contribution in [-0.4, -0.2) is 64.9 Å². The van der Waals surface area contributed by atoms with E-state index in [0.29, 0.717) is 6.54 Å². The minimum Gasteiger partial charge on any atom is -0.338 e. The third-order valence-electron chi connectivity index (χ3n) is 5.37. The number of rotatable bonds is 5. The summed E-state index contributed by atoms with van der Waals surface area (Å²) in [6, 6.07) is 14.1. The van der Waals surface area contributed by atoms with Crippen LogP contribution in [0.3, 0.4) is 0 Å². The number of hydrogen-bond acceptors (Lipinski definition) is 4. The molecule has 3 aromatic rings. The molecule has 0 spiro atoms. The summed E-state index contributed by atoms with van der Waals surface area (Å²) in [5.41, 5.74) is 4.89. The molecule has 0 bridgehead atoms. The van der Waals surface area contributed by atoms with E-state index < -0.39 is 0 Å². The minimum atomic E-state index is 0.0302. The monoisotopic (exact) mass is 377 g/mol. The van der Waals surface area contributed by atoms with Crippen LogP contribution in [0.4, 0.5) is 5.69 Å². The number of carbonyl (C=O) groups excluding carboxylic acids is 1. The van der Waals surface area contributed by atoms with Gasteiger partial charge in [-0.3, -0.25) is 9.69 Å². The van der Waals surface area contributed by atoms with Gasteiger partial charge in [-0.05, 0) is 31.7 Å². The molecule has 1 aliphatic heterocycles. The van der Waals surface area contributed by atoms with Crippen molar-refractivity contribution in [3.8, 4) is 11.4 Å². The maximum absolute atomic E-state index is 12.4. The summed E-state index contributed by atoms with van der Waals surface area (Å²) in [5, 5.41) is 3.02. The Morgan fingerprint density at radius 3 is 2.50 bits per heavy atom. The zero-order chi connectivity index (χ0) is 19.5. The molecule has 1 aliphatic rings. The zero-order valence-electron chi connectivity index (χ0n) is 16.5. The predicted molar refractivity (Wildman–Crippen MR) is 113 cm³/mol. The van der Waals surface area contributed by atoms with Gasteiger partial charge in [0.25, 0.3) is 0 Å². The van der Waals surface area contributed by atoms with E-state index in [1.807, 2.05) is 18.2 Å². The van der Waals surface area contributed by atoms with Crippen LogP contribution in [0.15, 0.2) is 42.5 Å². The molecular formula is C22H27N5O. The van der Waals surface area contributed by atoms with Gasteiger partial charge in [0.05, 0.1) is 17.6 Å². The van der Waals surface area contributed by atoms with E-state index in [1.54, 1.807) is 0 Å². The second kappa shape index (κ2) is 8.12. The Kier molecular flexibility index (Phi) is 5.41. The van der Waals surface area contributed by atoms with Crippen LogP contribution in [0.5, 0.6) is 0 Å². The van der Waals surface area contributed by atoms with Crippen LogP contribution in [0.1, 0.15) is 12.5 Å². The van der Waals surface area contributed by atoms with E-state index in [-0.39, 0.29) is 5.91 Å². The van der Waals surface area contributed by atoms with Gasteiger partial charge in [0.2, 0.25) is 5.91 Å². The van der Waals surface area contributed by atoms with Crippen LogP contribution in [0, 0.1) is 6.92 Å². The molecule has 6 nitrogen and oxygen atoms in total. The molecule has 1 aromatic heterocycles. The fourth-order valence-corrected chi connectivity index (χ4v) is 3.60. The highest BCUT2D eigenvalue weighted by molar-refractivity contribution is 5.94. The standard InChI is InChI=1S/C22H27N5O/c1-3-26-10-12-27(13-11-26)15-21(28)23-18-8-9-19-20(14-18)25-22(24-19)17-6-4-16(2)5-7-17/h4-9,14H,3,10-13,15H2,1-2H3,(H,23,28)(H,24,25). The first-order chi connectivity index (χ1) is 13.6. The number of carbonyl (C=O) groups is 1. The second-order valence-corrected chi connectivity index (χ2v) is 7.44. The summed E-state index contributed by atoms with van der Waals surface area (Å²) in [4.78, 5) is 25.1. The lowest BCUT2D eigenvalue weighted by Gasteiger charge is -2.33. The third-order valence-corrected chi connectivity index (χ3v) is 5.37. The molecule has 2 N–H and O–H groups in total. The van der Waals surface area contributed by atoms with Gasteiger partial charge in [-0.1, -0.05) is 36.8 Å². The Hall–Kier alpha value is -2.70. The van der Waals surface area contributed by atoms with Gasteiger partial charge >= 0.3 is 0 Å². The average Bonchev–Trinajstić information content (AvgIpc) is 3.12. The van der Waals surface area contributed by atoms with Crippen LogP contribution in [0.25, 0.3) is 22.4 Å². The quantitative estimate of drug-likeness (QED) is 0.717. The minimum absolute atomic E-state index is 0.0302. The van der Waals surface area contributed by atoms with E-state index in [4.69, 9.17) is 0 Å². The molecule has 4 rings (SSSR count). The van der Waals surface area contributed by atoms with Crippen LogP contribution >= 0.6 is 0 Å². The van der Waals surface area contributed by atoms with Crippen molar-refractivity contribution in [3.63, 3.8) is 0 Å². The summed E-state index contributed by atoms with van der Waals surface area (Å²) in [7, 11) is 0. The van der Waals surface area contributed by atoms with Gasteiger partial charge in [-0.15, -0.1) is 0 Å². The van der Waals surface area contributed by atoms with Crippen molar-refractivity contribution in [1.82, 2.24) is 19.8 Å². The van der Waals surface area contributed by atoms with E-state index in [0.717, 1.165) is 60.8 Å². The molecule has 1 amide bonds. The smallest absolute Gasteiger partial charge is 0.238 e. The highest BCUT2D eigenvalue weighted by Gasteiger charge is 2.18. The molecule has 0 atom stereocenters. The van der Waals surface area contributed by atoms with Crippen molar-refractivity contribution in [3.05, 3.63) is 48.0 Å². The van der Waals surface area contributed by atoms with Gasteiger partial charge < -0.3 is 15.2 Å². The number of aromatic amines is 1. The molecule has 28 heavy (non-hydrogen) atoms. The molecule has 0 saturated carbocycles. The molecule has 0 unspecified atom stereocenters. The summed E-state index contributed by atoms with van der Waals surface area (Å²) < 4.78 is 0. The summed E-state index contributed by atoms with van der Waals surface area (Å²) in [6.45, 7) is 9.72. The van der Waals surface area contributed by atoms with Crippen molar-refractivity contribution >= 4 is 22.6 Å². The molecule has 2 heterocycles. The fourth-order valence-electron chi connectivity index (χ4n) is 3.60. The Bertz CT molecular complexity index is 955. The first kappa shape index (κ1) is 18.7. The highest BCUT2D eigenvalue weighted by Crippen LogP contribution is 2.23. The van der Waals surface area contributed by atoms with Gasteiger partial charge in [-0.2, -0.15) is 0 Å². The van der Waals surface area contributed by atoms with Gasteiger partial charge in [-0.25, -0.2) is 4.98 Å². The maximum atomic E-state index is 12.4. The summed E-state index contributed by atoms with van der Waals surface area (Å²) in [5.74, 6) is 0.870. The van der Waals surface area contributed by atoms with E-state index in [1.165, 1.54) is 5.56 Å². The fraction of sp³-hybridized carbons (Fsp3) is 0.364. The number of hydrogen-bond donors (Lipinski definition) is 2. The topological polar surface area (TPSA) is 64.3 Å². The first-order valence-corrected chi connectivity index (χ1v) is 9.92. The lowest BCUT2D eigenvalue weighted by Crippen LogP contribution is -2.48. The van der Waals surface area contributed by atoms with Gasteiger partial charge in [0, 0.05) is 37.4 Å². The lowest BCUT2D eigenvalue weighted by molar-refractivity contribution is -0.117. The number of anilines is 1. The van der Waals surface area contributed by atoms with Crippen LogP contribution in [0.2, 0.25) is 0 Å². The zero-order valence-corrected chi connectivity index (χ0v) is 16.5. The molecule has 146 valence electrons. The van der Waals surface area contributed by atoms with E-state index in [2.05, 4.69) is 63.2 Å². The number of fused-ring (bicyclic) bond motifs is 1. The number of piperazine rings is 1.